The molecular weight excluding hydrogens is 339 g/mol. The molecule has 2 rings (SSSR count). The fraction of sp³-hybridized carbons (Fsp3) is 0.333. The van der Waals surface area contributed by atoms with E-state index in [-0.39, 0.29) is 29.0 Å². The molecule has 1 heterocycles. The Balaban J connectivity index is 2.51. The zero-order chi connectivity index (χ0) is 18.8. The zero-order valence-corrected chi connectivity index (χ0v) is 13.4. The van der Waals surface area contributed by atoms with E-state index in [1.54, 1.807) is 0 Å². The normalized spacial score (nSPS) is 11.6. The summed E-state index contributed by atoms with van der Waals surface area (Å²) >= 11 is 0. The van der Waals surface area contributed by atoms with Crippen molar-refractivity contribution >= 4 is 22.8 Å². The van der Waals surface area contributed by atoms with Gasteiger partial charge in [0.05, 0.1) is 17.7 Å². The number of rotatable bonds is 5. The van der Waals surface area contributed by atoms with E-state index in [0.717, 1.165) is 17.0 Å². The van der Waals surface area contributed by atoms with Gasteiger partial charge in [-0.05, 0) is 25.1 Å². The molecule has 1 amide bonds. The van der Waals surface area contributed by atoms with Gasteiger partial charge in [0.15, 0.2) is 5.96 Å². The van der Waals surface area contributed by atoms with Gasteiger partial charge in [0.25, 0.3) is 5.91 Å². The lowest BCUT2D eigenvalue weighted by atomic mass is 10.1. The molecule has 2 aromatic rings. The van der Waals surface area contributed by atoms with Gasteiger partial charge in [-0.1, -0.05) is 0 Å². The Morgan fingerprint density at radius 1 is 1.36 bits per heavy atom. The molecule has 0 saturated heterocycles. The van der Waals surface area contributed by atoms with Crippen LogP contribution in [0.25, 0.3) is 10.9 Å². The van der Waals surface area contributed by atoms with Crippen molar-refractivity contribution < 1.29 is 22.7 Å². The molecule has 0 atom stereocenters. The Morgan fingerprint density at radius 2 is 2.04 bits per heavy atom. The maximum Gasteiger partial charge on any atom is 0.417 e. The van der Waals surface area contributed by atoms with E-state index in [1.807, 2.05) is 0 Å². The number of hydrogen-bond donors (Lipinski definition) is 4. The minimum absolute atomic E-state index is 0.0223. The fourth-order valence-corrected chi connectivity index (χ4v) is 2.21. The molecule has 0 saturated carbocycles. The molecule has 0 aliphatic rings. The molecule has 7 nitrogen and oxygen atoms in total. The van der Waals surface area contributed by atoms with Crippen LogP contribution in [0.2, 0.25) is 0 Å². The zero-order valence-electron chi connectivity index (χ0n) is 13.4. The van der Waals surface area contributed by atoms with E-state index in [4.69, 9.17) is 21.6 Å². The van der Waals surface area contributed by atoms with E-state index < -0.39 is 23.6 Å². The topological polar surface area (TPSA) is 121 Å². The van der Waals surface area contributed by atoms with Crippen LogP contribution in [0.3, 0.4) is 0 Å². The molecule has 25 heavy (non-hydrogen) atoms. The molecule has 0 radical (unpaired) electrons. The quantitative estimate of drug-likeness (QED) is 0.371. The maximum absolute atomic E-state index is 13.3. The van der Waals surface area contributed by atoms with Crippen molar-refractivity contribution in [3.8, 4) is 5.75 Å². The number of amides is 1. The second-order valence-electron chi connectivity index (χ2n) is 5.35. The van der Waals surface area contributed by atoms with Crippen molar-refractivity contribution in [1.29, 1.82) is 5.41 Å². The van der Waals surface area contributed by atoms with Gasteiger partial charge < -0.3 is 21.2 Å². The third-order valence-corrected chi connectivity index (χ3v) is 3.53. The number of guanidine groups is 1. The molecule has 0 aliphatic heterocycles. The van der Waals surface area contributed by atoms with E-state index in [2.05, 4.69) is 4.98 Å². The van der Waals surface area contributed by atoms with Gasteiger partial charge in [-0.2, -0.15) is 13.2 Å². The molecule has 136 valence electrons. The molecule has 0 unspecified atom stereocenters. The summed E-state index contributed by atoms with van der Waals surface area (Å²) in [5.74, 6) is -1.22. The number of aromatic amines is 1. The summed E-state index contributed by atoms with van der Waals surface area (Å²) in [6, 6.07) is 3.35. The smallest absolute Gasteiger partial charge is 0.417 e. The SMILES string of the molecule is CN(C(=N)N)C(=O)c1cc2c(C(F)(F)F)cc(OCCCN)cc2[nH]1. The van der Waals surface area contributed by atoms with Crippen LogP contribution in [-0.4, -0.2) is 41.9 Å². The van der Waals surface area contributed by atoms with Crippen LogP contribution in [0.15, 0.2) is 18.2 Å². The number of alkyl halides is 3. The van der Waals surface area contributed by atoms with Crippen LogP contribution in [0.4, 0.5) is 13.2 Å². The fourth-order valence-electron chi connectivity index (χ4n) is 2.21. The van der Waals surface area contributed by atoms with E-state index >= 15 is 0 Å². The number of nitrogens with zero attached hydrogens (tertiary/aromatic N) is 1. The summed E-state index contributed by atoms with van der Waals surface area (Å²) in [6.45, 7) is 0.534. The van der Waals surface area contributed by atoms with Crippen molar-refractivity contribution in [1.82, 2.24) is 9.88 Å². The number of halogens is 3. The number of benzene rings is 1. The second-order valence-corrected chi connectivity index (χ2v) is 5.35. The standard InChI is InChI=1S/C15H18F3N5O2/c1-23(14(20)21)13(24)12-7-9-10(15(16,17)18)5-8(6-11(9)22-12)25-4-2-3-19/h5-7,22H,2-4,19H2,1H3,(H3,20,21). The van der Waals surface area contributed by atoms with Crippen LogP contribution >= 0.6 is 0 Å². The number of ether oxygens (including phenoxy) is 1. The lowest BCUT2D eigenvalue weighted by molar-refractivity contribution is -0.136. The summed E-state index contributed by atoms with van der Waals surface area (Å²) in [6.07, 6.45) is -4.13. The van der Waals surface area contributed by atoms with Gasteiger partial charge in [0.2, 0.25) is 0 Å². The summed E-state index contributed by atoms with van der Waals surface area (Å²) in [5, 5.41) is 7.08. The molecule has 6 N–H and O–H groups in total. The lowest BCUT2D eigenvalue weighted by Gasteiger charge is -2.12. The number of nitrogens with two attached hydrogens (primary N) is 2. The number of H-pyrrole nitrogens is 1. The largest absolute Gasteiger partial charge is 0.493 e. The Hall–Kier alpha value is -2.75. The Labute approximate surface area is 141 Å². The number of carbonyl (C=O) groups excluding carboxylic acids is 1. The molecular formula is C15H18F3N5O2. The first kappa shape index (κ1) is 18.6. The monoisotopic (exact) mass is 357 g/mol. The first-order valence-corrected chi connectivity index (χ1v) is 7.34. The van der Waals surface area contributed by atoms with Gasteiger partial charge in [-0.15, -0.1) is 0 Å². The van der Waals surface area contributed by atoms with Crippen molar-refractivity contribution in [2.75, 3.05) is 20.2 Å². The van der Waals surface area contributed by atoms with Crippen LogP contribution in [-0.2, 0) is 6.18 Å². The molecule has 0 bridgehead atoms. The average molecular weight is 357 g/mol. The molecule has 0 spiro atoms. The summed E-state index contributed by atoms with van der Waals surface area (Å²) in [4.78, 5) is 15.6. The van der Waals surface area contributed by atoms with Crippen molar-refractivity contribution in [2.24, 2.45) is 11.5 Å². The Morgan fingerprint density at radius 3 is 2.60 bits per heavy atom. The highest BCUT2D eigenvalue weighted by Crippen LogP contribution is 2.38. The number of fused-ring (bicyclic) bond motifs is 1. The molecule has 1 aromatic heterocycles. The van der Waals surface area contributed by atoms with Crippen molar-refractivity contribution in [2.45, 2.75) is 12.6 Å². The third kappa shape index (κ3) is 4.02. The van der Waals surface area contributed by atoms with Crippen molar-refractivity contribution in [3.63, 3.8) is 0 Å². The third-order valence-electron chi connectivity index (χ3n) is 3.53. The average Bonchev–Trinajstić information content (AvgIpc) is 2.95. The van der Waals surface area contributed by atoms with E-state index in [1.165, 1.54) is 13.1 Å². The Bertz CT molecular complexity index is 800. The van der Waals surface area contributed by atoms with E-state index in [0.29, 0.717) is 13.0 Å². The number of carbonyl (C=O) groups is 1. The summed E-state index contributed by atoms with van der Waals surface area (Å²) in [5.41, 5.74) is 9.62. The lowest BCUT2D eigenvalue weighted by Crippen LogP contribution is -2.38. The minimum atomic E-state index is -4.62. The maximum atomic E-state index is 13.3. The minimum Gasteiger partial charge on any atom is -0.493 e. The summed E-state index contributed by atoms with van der Waals surface area (Å²) in [7, 11) is 1.25. The molecule has 0 fully saturated rings. The summed E-state index contributed by atoms with van der Waals surface area (Å²) < 4.78 is 45.3. The van der Waals surface area contributed by atoms with Gasteiger partial charge in [0.1, 0.15) is 11.4 Å². The highest BCUT2D eigenvalue weighted by atomic mass is 19.4. The number of nitrogens with one attached hydrogen (secondary N) is 2. The van der Waals surface area contributed by atoms with Crippen LogP contribution < -0.4 is 16.2 Å². The number of hydrogen-bond acceptors (Lipinski definition) is 4. The first-order valence-electron chi connectivity index (χ1n) is 7.34. The van der Waals surface area contributed by atoms with Crippen molar-refractivity contribution in [3.05, 3.63) is 29.5 Å². The highest BCUT2D eigenvalue weighted by molar-refractivity contribution is 6.06. The number of aromatic nitrogens is 1. The molecule has 10 heteroatoms. The van der Waals surface area contributed by atoms with Crippen LogP contribution in [0, 0.1) is 5.41 Å². The van der Waals surface area contributed by atoms with Gasteiger partial charge in [-0.3, -0.25) is 15.1 Å². The van der Waals surface area contributed by atoms with Gasteiger partial charge >= 0.3 is 6.18 Å². The Kier molecular flexibility index (Phi) is 5.21. The van der Waals surface area contributed by atoms with Gasteiger partial charge in [-0.25, -0.2) is 0 Å². The second kappa shape index (κ2) is 7.01. The first-order chi connectivity index (χ1) is 11.6. The predicted octanol–water partition coefficient (Wildman–Crippen LogP) is 1.88. The van der Waals surface area contributed by atoms with Crippen LogP contribution in [0.5, 0.6) is 5.75 Å². The molecule has 1 aromatic carbocycles. The van der Waals surface area contributed by atoms with E-state index in [9.17, 15) is 18.0 Å². The highest BCUT2D eigenvalue weighted by Gasteiger charge is 2.34. The molecule has 0 aliphatic carbocycles. The predicted molar refractivity (Wildman–Crippen MR) is 86.5 cm³/mol. The van der Waals surface area contributed by atoms with Gasteiger partial charge in [0, 0.05) is 18.5 Å². The van der Waals surface area contributed by atoms with Crippen LogP contribution in [0.1, 0.15) is 22.5 Å².